The molecule has 2 unspecified atom stereocenters. The molecular formula is C29H52N2O5. The molecule has 4 bridgehead atoms. The van der Waals surface area contributed by atoms with E-state index in [-0.39, 0.29) is 29.0 Å². The van der Waals surface area contributed by atoms with Crippen molar-refractivity contribution < 1.29 is 24.3 Å². The van der Waals surface area contributed by atoms with E-state index in [1.165, 1.54) is 0 Å². The molecule has 5 heterocycles. The van der Waals surface area contributed by atoms with Gasteiger partial charge >= 0.3 is 0 Å². The highest BCUT2D eigenvalue weighted by Crippen LogP contribution is 2.43. The Balaban J connectivity index is 1.25. The topological polar surface area (TPSA) is 85.2 Å². The van der Waals surface area contributed by atoms with Gasteiger partial charge in [0.05, 0.1) is 25.3 Å². The number of ether oxygens (including phenoxy) is 2. The van der Waals surface area contributed by atoms with Crippen molar-refractivity contribution in [3.8, 4) is 0 Å². The van der Waals surface area contributed by atoms with Crippen LogP contribution in [0.15, 0.2) is 0 Å². The number of piperidine rings is 2. The van der Waals surface area contributed by atoms with Crippen molar-refractivity contribution in [2.24, 2.45) is 5.92 Å². The highest BCUT2D eigenvalue weighted by molar-refractivity contribution is 4.98. The van der Waals surface area contributed by atoms with Gasteiger partial charge in [-0.05, 0) is 63.7 Å². The standard InChI is InChI=1S/C29H52N2O5/c1-23-11-5-4-7-13-25-15-22-31(34)21-10-17-28(32,27(31)36-25)16-8-3-2-6-12-24-14-20-30-19-9-18-29(23,33)26(30)35-24/h23-27,32-33H,2-22H2,1H3/t23?,24-,25-,26+,27+,28-,29+,31?/m1/s1. The first-order valence-electron chi connectivity index (χ1n) is 15.4. The number of aliphatic hydroxyl groups is 2. The van der Waals surface area contributed by atoms with Crippen LogP contribution in [0.25, 0.3) is 0 Å². The predicted octanol–water partition coefficient (Wildman–Crippen LogP) is 4.82. The maximum Gasteiger partial charge on any atom is 0.222 e. The van der Waals surface area contributed by atoms with E-state index < -0.39 is 17.4 Å². The van der Waals surface area contributed by atoms with Crippen LogP contribution in [0.3, 0.4) is 0 Å². The molecule has 208 valence electrons. The summed E-state index contributed by atoms with van der Waals surface area (Å²) in [7, 11) is 0. The highest BCUT2D eigenvalue weighted by Gasteiger charge is 2.53. The summed E-state index contributed by atoms with van der Waals surface area (Å²) in [6.07, 6.45) is 16.1. The first-order valence-corrected chi connectivity index (χ1v) is 15.4. The molecule has 36 heavy (non-hydrogen) atoms. The van der Waals surface area contributed by atoms with Crippen molar-refractivity contribution in [1.29, 1.82) is 0 Å². The summed E-state index contributed by atoms with van der Waals surface area (Å²) in [5, 5.41) is 37.0. The van der Waals surface area contributed by atoms with E-state index >= 15 is 0 Å². The Morgan fingerprint density at radius 1 is 0.722 bits per heavy atom. The van der Waals surface area contributed by atoms with Crippen LogP contribution in [-0.2, 0) is 9.47 Å². The molecule has 2 N–H and O–H groups in total. The van der Waals surface area contributed by atoms with E-state index in [1.54, 1.807) is 0 Å². The van der Waals surface area contributed by atoms with Crippen LogP contribution in [0, 0.1) is 11.1 Å². The van der Waals surface area contributed by atoms with Crippen molar-refractivity contribution in [3.05, 3.63) is 5.21 Å². The molecule has 5 fully saturated rings. The van der Waals surface area contributed by atoms with E-state index in [4.69, 9.17) is 9.47 Å². The summed E-state index contributed by atoms with van der Waals surface area (Å²) in [5.74, 6) is 0.219. The lowest BCUT2D eigenvalue weighted by Crippen LogP contribution is -2.69. The number of hydrogen-bond acceptors (Lipinski definition) is 6. The highest BCUT2D eigenvalue weighted by atomic mass is 16.6. The molecule has 5 saturated heterocycles. The number of fused-ring (bicyclic) bond motifs is 2. The van der Waals surface area contributed by atoms with Gasteiger partial charge in [0.1, 0.15) is 17.4 Å². The average Bonchev–Trinajstić information content (AvgIpc) is 2.86. The lowest BCUT2D eigenvalue weighted by molar-refractivity contribution is -0.952. The molecule has 0 aromatic carbocycles. The molecule has 0 aromatic rings. The van der Waals surface area contributed by atoms with Crippen LogP contribution < -0.4 is 0 Å². The van der Waals surface area contributed by atoms with Crippen LogP contribution in [-0.4, -0.2) is 81.8 Å². The molecule has 0 spiro atoms. The van der Waals surface area contributed by atoms with Gasteiger partial charge in [0.25, 0.3) is 0 Å². The smallest absolute Gasteiger partial charge is 0.222 e. The van der Waals surface area contributed by atoms with Crippen LogP contribution >= 0.6 is 0 Å². The molecule has 8 atom stereocenters. The quantitative estimate of drug-likeness (QED) is 0.360. The summed E-state index contributed by atoms with van der Waals surface area (Å²) in [5.41, 5.74) is -1.72. The molecule has 0 saturated carbocycles. The third-order valence-corrected chi connectivity index (χ3v) is 10.4. The van der Waals surface area contributed by atoms with Gasteiger partial charge in [0.15, 0.2) is 0 Å². The second-order valence-electron chi connectivity index (χ2n) is 13.0. The molecule has 7 heteroatoms. The molecule has 7 nitrogen and oxygen atoms in total. The van der Waals surface area contributed by atoms with E-state index in [1.807, 2.05) is 0 Å². The van der Waals surface area contributed by atoms with Gasteiger partial charge in [-0.25, -0.2) is 0 Å². The number of nitrogens with zero attached hydrogens (tertiary/aromatic N) is 2. The van der Waals surface area contributed by atoms with E-state index in [0.29, 0.717) is 25.9 Å². The van der Waals surface area contributed by atoms with Crippen LogP contribution in [0.1, 0.15) is 116 Å². The Morgan fingerprint density at radius 3 is 2.25 bits per heavy atom. The Morgan fingerprint density at radius 2 is 1.42 bits per heavy atom. The van der Waals surface area contributed by atoms with E-state index in [2.05, 4.69) is 11.8 Å². The van der Waals surface area contributed by atoms with Gasteiger partial charge in [-0.1, -0.05) is 51.9 Å². The van der Waals surface area contributed by atoms with Gasteiger partial charge < -0.3 is 29.5 Å². The molecule has 5 rings (SSSR count). The minimum absolute atomic E-state index is 0.0894. The van der Waals surface area contributed by atoms with Crippen molar-refractivity contribution in [2.45, 2.75) is 152 Å². The van der Waals surface area contributed by atoms with Crippen molar-refractivity contribution in [1.82, 2.24) is 4.90 Å². The summed E-state index contributed by atoms with van der Waals surface area (Å²) < 4.78 is 12.7. The van der Waals surface area contributed by atoms with Gasteiger partial charge in [0, 0.05) is 19.5 Å². The van der Waals surface area contributed by atoms with Crippen LogP contribution in [0.2, 0.25) is 0 Å². The Bertz CT molecular complexity index is 726. The first kappa shape index (κ1) is 27.3. The second-order valence-corrected chi connectivity index (χ2v) is 13.0. The Kier molecular flexibility index (Phi) is 8.68. The fourth-order valence-electron chi connectivity index (χ4n) is 8.10. The summed E-state index contributed by atoms with van der Waals surface area (Å²) in [4.78, 5) is 2.40. The van der Waals surface area contributed by atoms with Crippen molar-refractivity contribution in [3.63, 3.8) is 0 Å². The van der Waals surface area contributed by atoms with Gasteiger partial charge in [-0.3, -0.25) is 4.90 Å². The van der Waals surface area contributed by atoms with Crippen molar-refractivity contribution in [2.75, 3.05) is 26.2 Å². The predicted molar refractivity (Wildman–Crippen MR) is 140 cm³/mol. The number of hydroxylamine groups is 3. The molecule has 0 aromatic heterocycles. The molecule has 0 aliphatic carbocycles. The zero-order chi connectivity index (χ0) is 25.2. The average molecular weight is 509 g/mol. The lowest BCUT2D eigenvalue weighted by Gasteiger charge is -2.59. The lowest BCUT2D eigenvalue weighted by atomic mass is 9.76. The molecule has 5 aliphatic heterocycles. The number of hydrogen-bond donors (Lipinski definition) is 2. The van der Waals surface area contributed by atoms with Crippen LogP contribution in [0.4, 0.5) is 0 Å². The monoisotopic (exact) mass is 508 g/mol. The van der Waals surface area contributed by atoms with Gasteiger partial charge in [0.2, 0.25) is 6.23 Å². The number of quaternary nitrogens is 1. The minimum atomic E-state index is -0.976. The van der Waals surface area contributed by atoms with Gasteiger partial charge in [-0.15, -0.1) is 0 Å². The largest absolute Gasteiger partial charge is 0.631 e. The van der Waals surface area contributed by atoms with Gasteiger partial charge in [-0.2, -0.15) is 0 Å². The SMILES string of the molecule is CC1CCCCC[C@@H]2CC[N+]3([O-])CCC[C@](O)(CCCCCC[C@@H]4CCN5CCC[C@@]1(O)[C@@H]5O4)[C@@H]3O2. The zero-order valence-corrected chi connectivity index (χ0v) is 22.7. The third-order valence-electron chi connectivity index (χ3n) is 10.4. The van der Waals surface area contributed by atoms with E-state index in [9.17, 15) is 15.4 Å². The third kappa shape index (κ3) is 5.68. The normalized spacial score (nSPS) is 48.2. The second kappa shape index (κ2) is 11.4. The minimum Gasteiger partial charge on any atom is -0.631 e. The maximum absolute atomic E-state index is 13.6. The molecule has 0 radical (unpaired) electrons. The summed E-state index contributed by atoms with van der Waals surface area (Å²) >= 11 is 0. The zero-order valence-electron chi connectivity index (χ0n) is 22.7. The summed E-state index contributed by atoms with van der Waals surface area (Å²) in [6, 6.07) is 0. The Labute approximate surface area is 218 Å². The van der Waals surface area contributed by atoms with Crippen LogP contribution in [0.5, 0.6) is 0 Å². The summed E-state index contributed by atoms with van der Waals surface area (Å²) in [6.45, 7) is 5.47. The Hall–Kier alpha value is -0.280. The maximum atomic E-state index is 13.6. The first-order chi connectivity index (χ1) is 17.3. The molecule has 0 amide bonds. The molecular weight excluding hydrogens is 456 g/mol. The van der Waals surface area contributed by atoms with E-state index in [0.717, 1.165) is 109 Å². The number of rotatable bonds is 0. The fraction of sp³-hybridized carbons (Fsp3) is 1.00. The molecule has 5 aliphatic rings. The fourth-order valence-corrected chi connectivity index (χ4v) is 8.10. The van der Waals surface area contributed by atoms with Crippen molar-refractivity contribution >= 4 is 0 Å².